The Bertz CT molecular complexity index is 1030. The van der Waals surface area contributed by atoms with Gasteiger partial charge in [-0.25, -0.2) is 9.18 Å². The van der Waals surface area contributed by atoms with Gasteiger partial charge < -0.3 is 10.2 Å². The summed E-state index contributed by atoms with van der Waals surface area (Å²) in [5.41, 5.74) is 0.884. The van der Waals surface area contributed by atoms with E-state index in [1.807, 2.05) is 42.5 Å². The lowest BCUT2D eigenvalue weighted by Crippen LogP contribution is -2.64. The van der Waals surface area contributed by atoms with Crippen molar-refractivity contribution >= 4 is 17.6 Å². The van der Waals surface area contributed by atoms with Gasteiger partial charge in [-0.05, 0) is 73.8 Å². The number of amides is 3. The fourth-order valence-corrected chi connectivity index (χ4v) is 6.73. The van der Waals surface area contributed by atoms with Gasteiger partial charge in [-0.3, -0.25) is 9.69 Å². The van der Waals surface area contributed by atoms with Gasteiger partial charge in [0.15, 0.2) is 0 Å². The second-order valence-electron chi connectivity index (χ2n) is 10.6. The van der Waals surface area contributed by atoms with Crippen LogP contribution in [0, 0.1) is 11.8 Å². The molecule has 4 aliphatic carbocycles. The number of nitrogens with zero attached hydrogens (tertiary/aromatic N) is 2. The van der Waals surface area contributed by atoms with Crippen molar-refractivity contribution in [1.82, 2.24) is 10.2 Å². The molecule has 174 valence electrons. The number of urea groups is 1. The molecule has 5 nitrogen and oxygen atoms in total. The number of hydrogen-bond acceptors (Lipinski definition) is 2. The van der Waals surface area contributed by atoms with E-state index in [1.54, 1.807) is 36.0 Å². The zero-order valence-corrected chi connectivity index (χ0v) is 19.4. The summed E-state index contributed by atoms with van der Waals surface area (Å²) in [5, 5.41) is 3.23. The van der Waals surface area contributed by atoms with Crippen LogP contribution in [-0.4, -0.2) is 42.1 Å². The molecule has 2 aromatic rings. The van der Waals surface area contributed by atoms with Gasteiger partial charge in [0.1, 0.15) is 5.67 Å². The fraction of sp³-hybridized carbons (Fsp3) is 0.481. The number of carbonyl (C=O) groups excluding carboxylic acids is 2. The summed E-state index contributed by atoms with van der Waals surface area (Å²) in [5.74, 6) is 0.683. The van der Waals surface area contributed by atoms with Crippen LogP contribution < -0.4 is 10.2 Å². The van der Waals surface area contributed by atoms with Gasteiger partial charge in [-0.15, -0.1) is 0 Å². The number of hydrogen-bond donors (Lipinski definition) is 1. The first-order valence-corrected chi connectivity index (χ1v) is 11.9. The van der Waals surface area contributed by atoms with Crippen molar-refractivity contribution in [2.24, 2.45) is 11.8 Å². The summed E-state index contributed by atoms with van der Waals surface area (Å²) in [6, 6.07) is 16.8. The summed E-state index contributed by atoms with van der Waals surface area (Å²) in [6.45, 7) is 0.440. The van der Waals surface area contributed by atoms with Gasteiger partial charge in [0, 0.05) is 43.9 Å². The topological polar surface area (TPSA) is 52.7 Å². The van der Waals surface area contributed by atoms with Crippen LogP contribution in [-0.2, 0) is 6.54 Å². The molecule has 2 atom stereocenters. The minimum Gasteiger partial charge on any atom is -0.346 e. The zero-order chi connectivity index (χ0) is 23.2. The molecule has 2 unspecified atom stereocenters. The molecule has 4 aliphatic rings. The normalized spacial score (nSPS) is 29.5. The SMILES string of the molecule is CN(Cc1ccc(C(=O)NC23CC4CC(CC(F)(C4)C2)C3)cc1)C(=O)N(C)c1ccccc1. The quantitative estimate of drug-likeness (QED) is 0.685. The number of benzene rings is 2. The number of nitrogens with one attached hydrogen (secondary N) is 1. The van der Waals surface area contributed by atoms with Crippen molar-refractivity contribution in [2.75, 3.05) is 19.0 Å². The van der Waals surface area contributed by atoms with Gasteiger partial charge in [0.25, 0.3) is 5.91 Å². The largest absolute Gasteiger partial charge is 0.346 e. The molecule has 4 fully saturated rings. The van der Waals surface area contributed by atoms with Crippen LogP contribution in [0.3, 0.4) is 0 Å². The molecule has 0 saturated heterocycles. The molecule has 0 heterocycles. The van der Waals surface area contributed by atoms with Crippen LogP contribution >= 0.6 is 0 Å². The van der Waals surface area contributed by atoms with Crippen molar-refractivity contribution < 1.29 is 14.0 Å². The molecule has 0 aliphatic heterocycles. The Morgan fingerprint density at radius 3 is 2.21 bits per heavy atom. The number of para-hydroxylation sites is 1. The van der Waals surface area contributed by atoms with Crippen LogP contribution in [0.5, 0.6) is 0 Å². The molecule has 4 bridgehead atoms. The van der Waals surface area contributed by atoms with E-state index < -0.39 is 5.67 Å². The van der Waals surface area contributed by atoms with E-state index in [1.165, 1.54) is 0 Å². The lowest BCUT2D eigenvalue weighted by Gasteiger charge is -2.59. The van der Waals surface area contributed by atoms with E-state index in [0.29, 0.717) is 43.2 Å². The first kappa shape index (κ1) is 21.9. The molecule has 6 heteroatoms. The summed E-state index contributed by atoms with van der Waals surface area (Å²) >= 11 is 0. The standard InChI is InChI=1S/C27H32FN3O2/c1-30(25(33)31(2)23-6-4-3-5-7-23)17-19-8-10-22(11-9-19)24(32)29-27-15-20-12-21(16-27)14-26(28,13-20)18-27/h3-11,20-21H,12-18H2,1-2H3,(H,29,32). The minimum atomic E-state index is -1.09. The Hall–Kier alpha value is -2.89. The lowest BCUT2D eigenvalue weighted by molar-refractivity contribution is -0.0937. The first-order chi connectivity index (χ1) is 15.7. The molecule has 4 saturated carbocycles. The van der Waals surface area contributed by atoms with E-state index in [9.17, 15) is 9.59 Å². The Labute approximate surface area is 195 Å². The number of carbonyl (C=O) groups is 2. The Morgan fingerprint density at radius 1 is 0.970 bits per heavy atom. The predicted molar refractivity (Wildman–Crippen MR) is 127 cm³/mol. The van der Waals surface area contributed by atoms with E-state index in [-0.39, 0.29) is 17.5 Å². The van der Waals surface area contributed by atoms with E-state index >= 15 is 4.39 Å². The van der Waals surface area contributed by atoms with Gasteiger partial charge in [-0.1, -0.05) is 30.3 Å². The van der Waals surface area contributed by atoms with Gasteiger partial charge >= 0.3 is 6.03 Å². The highest BCUT2D eigenvalue weighted by Crippen LogP contribution is 2.59. The Balaban J connectivity index is 1.21. The lowest BCUT2D eigenvalue weighted by atomic mass is 9.51. The molecule has 0 radical (unpaired) electrons. The highest BCUT2D eigenvalue weighted by molar-refractivity contribution is 5.95. The van der Waals surface area contributed by atoms with Gasteiger partial charge in [0.2, 0.25) is 0 Å². The summed E-state index contributed by atoms with van der Waals surface area (Å²) in [4.78, 5) is 29.0. The van der Waals surface area contributed by atoms with Crippen molar-refractivity contribution in [3.05, 3.63) is 65.7 Å². The second kappa shape index (κ2) is 8.15. The van der Waals surface area contributed by atoms with E-state index in [2.05, 4.69) is 5.32 Å². The molecular weight excluding hydrogens is 417 g/mol. The average molecular weight is 450 g/mol. The number of rotatable bonds is 5. The van der Waals surface area contributed by atoms with E-state index in [0.717, 1.165) is 30.5 Å². The molecule has 0 spiro atoms. The van der Waals surface area contributed by atoms with Crippen LogP contribution in [0.2, 0.25) is 0 Å². The summed E-state index contributed by atoms with van der Waals surface area (Å²) < 4.78 is 15.2. The van der Waals surface area contributed by atoms with E-state index in [4.69, 9.17) is 0 Å². The molecular formula is C27H32FN3O2. The fourth-order valence-electron chi connectivity index (χ4n) is 6.73. The molecule has 33 heavy (non-hydrogen) atoms. The molecule has 1 N–H and O–H groups in total. The smallest absolute Gasteiger partial charge is 0.324 e. The van der Waals surface area contributed by atoms with Gasteiger partial charge in [0.05, 0.1) is 0 Å². The van der Waals surface area contributed by atoms with Crippen molar-refractivity contribution in [1.29, 1.82) is 0 Å². The van der Waals surface area contributed by atoms with Crippen molar-refractivity contribution in [2.45, 2.75) is 56.3 Å². The van der Waals surface area contributed by atoms with Crippen LogP contribution in [0.4, 0.5) is 14.9 Å². The predicted octanol–water partition coefficient (Wildman–Crippen LogP) is 5.17. The Morgan fingerprint density at radius 2 is 1.61 bits per heavy atom. The van der Waals surface area contributed by atoms with Crippen LogP contribution in [0.15, 0.2) is 54.6 Å². The highest BCUT2D eigenvalue weighted by Gasteiger charge is 2.58. The van der Waals surface area contributed by atoms with Gasteiger partial charge in [-0.2, -0.15) is 0 Å². The third-order valence-electron chi connectivity index (χ3n) is 7.76. The monoisotopic (exact) mass is 449 g/mol. The molecule has 0 aromatic heterocycles. The zero-order valence-electron chi connectivity index (χ0n) is 19.4. The maximum atomic E-state index is 15.2. The number of anilines is 1. The Kier molecular flexibility index (Phi) is 5.42. The third kappa shape index (κ3) is 4.35. The number of alkyl halides is 1. The van der Waals surface area contributed by atoms with Crippen LogP contribution in [0.25, 0.3) is 0 Å². The molecule has 2 aromatic carbocycles. The molecule has 6 rings (SSSR count). The van der Waals surface area contributed by atoms with Crippen molar-refractivity contribution in [3.63, 3.8) is 0 Å². The summed E-state index contributed by atoms with van der Waals surface area (Å²) in [7, 11) is 3.52. The summed E-state index contributed by atoms with van der Waals surface area (Å²) in [6.07, 6.45) is 4.72. The highest BCUT2D eigenvalue weighted by atomic mass is 19.1. The second-order valence-corrected chi connectivity index (χ2v) is 10.6. The third-order valence-corrected chi connectivity index (χ3v) is 7.76. The minimum absolute atomic E-state index is 0.106. The maximum absolute atomic E-state index is 15.2. The average Bonchev–Trinajstić information content (AvgIpc) is 2.77. The van der Waals surface area contributed by atoms with Crippen molar-refractivity contribution in [3.8, 4) is 0 Å². The first-order valence-electron chi connectivity index (χ1n) is 11.9. The van der Waals surface area contributed by atoms with Crippen LogP contribution in [0.1, 0.15) is 54.4 Å². The molecule has 3 amide bonds. The maximum Gasteiger partial charge on any atom is 0.324 e. The number of halogens is 1.